The Bertz CT molecular complexity index is 890. The molecule has 2 aromatic rings. The third kappa shape index (κ3) is 6.33. The summed E-state index contributed by atoms with van der Waals surface area (Å²) in [6.07, 6.45) is 5.04. The molecule has 1 aliphatic carbocycles. The summed E-state index contributed by atoms with van der Waals surface area (Å²) in [5, 5.41) is 9.23. The first kappa shape index (κ1) is 24.3. The largest absolute Gasteiger partial charge is 0.497 e. The molecule has 0 amide bonds. The number of hydrogen-bond donors (Lipinski definition) is 1. The third-order valence-corrected chi connectivity index (χ3v) is 6.09. The van der Waals surface area contributed by atoms with Crippen LogP contribution in [0.25, 0.3) is 11.5 Å². The van der Waals surface area contributed by atoms with E-state index in [0.29, 0.717) is 37.5 Å². The molecule has 3 rings (SSSR count). The maximum absolute atomic E-state index is 11.2. The first-order valence-corrected chi connectivity index (χ1v) is 11.4. The molecule has 0 spiro atoms. The van der Waals surface area contributed by atoms with Crippen molar-refractivity contribution in [3.63, 3.8) is 0 Å². The van der Waals surface area contributed by atoms with Crippen LogP contribution in [0.15, 0.2) is 28.7 Å². The highest BCUT2D eigenvalue weighted by Crippen LogP contribution is 2.31. The van der Waals surface area contributed by atoms with Crippen LogP contribution in [-0.4, -0.2) is 42.0 Å². The molecule has 1 aliphatic rings. The predicted molar refractivity (Wildman–Crippen MR) is 121 cm³/mol. The van der Waals surface area contributed by atoms with Crippen molar-refractivity contribution >= 4 is 5.97 Å². The molecule has 7 nitrogen and oxygen atoms in total. The minimum Gasteiger partial charge on any atom is -0.497 e. The number of carboxylic acids is 1. The van der Waals surface area contributed by atoms with Gasteiger partial charge in [0.05, 0.1) is 20.3 Å². The van der Waals surface area contributed by atoms with Crippen molar-refractivity contribution in [2.45, 2.75) is 65.1 Å². The molecule has 7 heteroatoms. The normalized spacial score (nSPS) is 19.1. The Kier molecular flexibility index (Phi) is 8.32. The summed E-state index contributed by atoms with van der Waals surface area (Å²) in [5.74, 6) is 2.07. The van der Waals surface area contributed by atoms with Crippen LogP contribution < -0.4 is 4.74 Å². The molecule has 0 saturated heterocycles. The zero-order valence-electron chi connectivity index (χ0n) is 19.6. The van der Waals surface area contributed by atoms with Crippen molar-refractivity contribution in [2.75, 3.05) is 20.3 Å². The van der Waals surface area contributed by atoms with Crippen molar-refractivity contribution in [3.8, 4) is 17.2 Å². The van der Waals surface area contributed by atoms with Gasteiger partial charge in [0.1, 0.15) is 17.2 Å². The van der Waals surface area contributed by atoms with Gasteiger partial charge in [-0.15, -0.1) is 0 Å². The van der Waals surface area contributed by atoms with Crippen LogP contribution in [-0.2, 0) is 27.3 Å². The predicted octanol–water partition coefficient (Wildman–Crippen LogP) is 5.12. The van der Waals surface area contributed by atoms with E-state index in [0.717, 1.165) is 54.9 Å². The average molecular weight is 446 g/mol. The fourth-order valence-electron chi connectivity index (χ4n) is 4.07. The fourth-order valence-corrected chi connectivity index (χ4v) is 4.07. The van der Waals surface area contributed by atoms with Crippen LogP contribution in [0, 0.1) is 11.8 Å². The van der Waals surface area contributed by atoms with Gasteiger partial charge in [-0.2, -0.15) is 0 Å². The topological polar surface area (TPSA) is 91.0 Å². The van der Waals surface area contributed by atoms with Gasteiger partial charge in [0.15, 0.2) is 5.60 Å². The van der Waals surface area contributed by atoms with Gasteiger partial charge in [0, 0.05) is 18.6 Å². The molecular weight excluding hydrogens is 410 g/mol. The molecular formula is C25H35NO6. The second-order valence-corrected chi connectivity index (χ2v) is 9.01. The molecule has 1 heterocycles. The Morgan fingerprint density at radius 2 is 2.00 bits per heavy atom. The van der Waals surface area contributed by atoms with Gasteiger partial charge < -0.3 is 23.7 Å². The maximum Gasteiger partial charge on any atom is 0.335 e. The number of benzene rings is 1. The number of carboxylic acid groups (broad SMARTS) is 1. The van der Waals surface area contributed by atoms with E-state index >= 15 is 0 Å². The van der Waals surface area contributed by atoms with E-state index in [1.807, 2.05) is 31.2 Å². The Balaban J connectivity index is 1.52. The van der Waals surface area contributed by atoms with E-state index in [2.05, 4.69) is 4.98 Å². The maximum atomic E-state index is 11.2. The summed E-state index contributed by atoms with van der Waals surface area (Å²) >= 11 is 0. The molecule has 0 bridgehead atoms. The standard InChI is InChI=1S/C25H35NO6/c1-5-22-21(26-23(32-22)19-10-7-11-20(13-19)29-4)16-30-14-17-8-6-9-18(12-17)15-31-25(2,3)24(27)28/h7,10-11,13,17-18H,5-6,8-9,12,14-16H2,1-4H3,(H,27,28)/t17-,18+/m0/s1. The number of hydrogen-bond acceptors (Lipinski definition) is 6. The Morgan fingerprint density at radius 3 is 2.69 bits per heavy atom. The molecule has 0 unspecified atom stereocenters. The number of aryl methyl sites for hydroxylation is 1. The minimum atomic E-state index is -1.15. The average Bonchev–Trinajstić information content (AvgIpc) is 3.21. The quantitative estimate of drug-likeness (QED) is 0.513. The lowest BCUT2D eigenvalue weighted by atomic mass is 9.82. The number of nitrogens with zero attached hydrogens (tertiary/aromatic N) is 1. The fraction of sp³-hybridized carbons (Fsp3) is 0.600. The van der Waals surface area contributed by atoms with Crippen molar-refractivity contribution in [3.05, 3.63) is 35.7 Å². The van der Waals surface area contributed by atoms with Gasteiger partial charge >= 0.3 is 5.97 Å². The van der Waals surface area contributed by atoms with Crippen molar-refractivity contribution in [1.29, 1.82) is 0 Å². The zero-order valence-corrected chi connectivity index (χ0v) is 19.6. The summed E-state index contributed by atoms with van der Waals surface area (Å²) in [7, 11) is 1.64. The molecule has 1 fully saturated rings. The SMILES string of the molecule is CCc1oc(-c2cccc(OC)c2)nc1COC[C@H]1CCC[C@@H](COC(C)(C)C(=O)O)C1. The molecule has 2 atom stereocenters. The van der Waals surface area contributed by atoms with Gasteiger partial charge in [0.25, 0.3) is 0 Å². The van der Waals surface area contributed by atoms with Crippen LogP contribution in [0.5, 0.6) is 5.75 Å². The second-order valence-electron chi connectivity index (χ2n) is 9.01. The highest BCUT2D eigenvalue weighted by atomic mass is 16.5. The van der Waals surface area contributed by atoms with Crippen molar-refractivity contribution in [2.24, 2.45) is 11.8 Å². The number of ether oxygens (including phenoxy) is 3. The van der Waals surface area contributed by atoms with Gasteiger partial charge in [-0.25, -0.2) is 9.78 Å². The number of aliphatic carboxylic acids is 1. The molecule has 1 aromatic carbocycles. The Labute approximate surface area is 190 Å². The van der Waals surface area contributed by atoms with E-state index in [1.165, 1.54) is 0 Å². The summed E-state index contributed by atoms with van der Waals surface area (Å²) in [6, 6.07) is 7.67. The van der Waals surface area contributed by atoms with Crippen LogP contribution in [0.1, 0.15) is 57.9 Å². The lowest BCUT2D eigenvalue weighted by molar-refractivity contribution is -0.163. The molecule has 1 saturated carbocycles. The summed E-state index contributed by atoms with van der Waals surface area (Å²) < 4.78 is 23.0. The van der Waals surface area contributed by atoms with E-state index in [9.17, 15) is 9.90 Å². The Hall–Kier alpha value is -2.38. The summed E-state index contributed by atoms with van der Waals surface area (Å²) in [4.78, 5) is 15.9. The highest BCUT2D eigenvalue weighted by Gasteiger charge is 2.30. The van der Waals surface area contributed by atoms with E-state index < -0.39 is 11.6 Å². The lowest BCUT2D eigenvalue weighted by Crippen LogP contribution is -2.37. The minimum absolute atomic E-state index is 0.369. The van der Waals surface area contributed by atoms with E-state index in [4.69, 9.17) is 18.6 Å². The molecule has 0 aliphatic heterocycles. The number of oxazole rings is 1. The Morgan fingerprint density at radius 1 is 1.25 bits per heavy atom. The van der Waals surface area contributed by atoms with Gasteiger partial charge in [-0.3, -0.25) is 0 Å². The van der Waals surface area contributed by atoms with Crippen molar-refractivity contribution in [1.82, 2.24) is 4.98 Å². The third-order valence-electron chi connectivity index (χ3n) is 6.09. The smallest absolute Gasteiger partial charge is 0.335 e. The van der Waals surface area contributed by atoms with E-state index in [1.54, 1.807) is 21.0 Å². The number of rotatable bonds is 11. The molecule has 1 aromatic heterocycles. The monoisotopic (exact) mass is 445 g/mol. The molecule has 176 valence electrons. The molecule has 32 heavy (non-hydrogen) atoms. The van der Waals surface area contributed by atoms with Gasteiger partial charge in [-0.05, 0) is 63.1 Å². The zero-order chi connectivity index (χ0) is 23.1. The van der Waals surface area contributed by atoms with E-state index in [-0.39, 0.29) is 0 Å². The van der Waals surface area contributed by atoms with Gasteiger partial charge in [0.2, 0.25) is 5.89 Å². The van der Waals surface area contributed by atoms with Crippen LogP contribution >= 0.6 is 0 Å². The molecule has 1 N–H and O–H groups in total. The first-order chi connectivity index (χ1) is 15.3. The van der Waals surface area contributed by atoms with Crippen LogP contribution in [0.4, 0.5) is 0 Å². The van der Waals surface area contributed by atoms with Crippen LogP contribution in [0.2, 0.25) is 0 Å². The summed E-state index contributed by atoms with van der Waals surface area (Å²) in [6.45, 7) is 6.79. The molecule has 0 radical (unpaired) electrons. The van der Waals surface area contributed by atoms with Gasteiger partial charge in [-0.1, -0.05) is 19.4 Å². The number of aromatic nitrogens is 1. The highest BCUT2D eigenvalue weighted by molar-refractivity contribution is 5.76. The number of carbonyl (C=O) groups is 1. The summed E-state index contributed by atoms with van der Waals surface area (Å²) in [5.41, 5.74) is 0.571. The lowest BCUT2D eigenvalue weighted by Gasteiger charge is -2.31. The first-order valence-electron chi connectivity index (χ1n) is 11.4. The van der Waals surface area contributed by atoms with Crippen LogP contribution in [0.3, 0.4) is 0 Å². The second kappa shape index (κ2) is 11.0. The van der Waals surface area contributed by atoms with Crippen molar-refractivity contribution < 1.29 is 28.5 Å². The number of methoxy groups -OCH3 is 1.